The molecular formula is C16H13BrNO5S+. The van der Waals surface area contributed by atoms with Crippen LogP contribution < -0.4 is 0 Å². The van der Waals surface area contributed by atoms with E-state index in [1.165, 1.54) is 0 Å². The lowest BCUT2D eigenvalue weighted by Gasteiger charge is -2.09. The van der Waals surface area contributed by atoms with Crippen molar-refractivity contribution < 1.29 is 23.4 Å². The van der Waals surface area contributed by atoms with E-state index < -0.39 is 11.8 Å². The average molecular weight is 411 g/mol. The van der Waals surface area contributed by atoms with Crippen molar-refractivity contribution in [1.29, 1.82) is 0 Å². The molecule has 1 N–H and O–H groups in total. The van der Waals surface area contributed by atoms with Gasteiger partial charge in [-0.2, -0.15) is 0 Å². The molecule has 6 nitrogen and oxygen atoms in total. The quantitative estimate of drug-likeness (QED) is 0.555. The summed E-state index contributed by atoms with van der Waals surface area (Å²) in [5.74, 6) is -1.00. The van der Waals surface area contributed by atoms with E-state index in [-0.39, 0.29) is 17.2 Å². The topological polar surface area (TPSA) is 97.5 Å². The lowest BCUT2D eigenvalue weighted by Crippen LogP contribution is -2.13. The van der Waals surface area contributed by atoms with Crippen LogP contribution in [0.2, 0.25) is 0 Å². The minimum atomic E-state index is -1.29. The summed E-state index contributed by atoms with van der Waals surface area (Å²) in [7, 11) is 0. The number of rotatable bonds is 7. The first-order chi connectivity index (χ1) is 11.5. The van der Waals surface area contributed by atoms with Gasteiger partial charge in [0.15, 0.2) is 11.5 Å². The predicted octanol–water partition coefficient (Wildman–Crippen LogP) is 3.21. The lowest BCUT2D eigenvalue weighted by atomic mass is 9.94. The fourth-order valence-corrected chi connectivity index (χ4v) is 3.45. The molecule has 124 valence electrons. The number of aromatic carboxylic acids is 1. The third-order valence-electron chi connectivity index (χ3n) is 3.90. The fraction of sp³-hybridized carbons (Fsp3) is 0.312. The van der Waals surface area contributed by atoms with Crippen molar-refractivity contribution >= 4 is 39.3 Å². The van der Waals surface area contributed by atoms with E-state index in [1.807, 2.05) is 0 Å². The summed E-state index contributed by atoms with van der Waals surface area (Å²) in [6.45, 7) is 0. The standard InChI is InChI=1S/C16H12BrNO5S/c17-11-3-1-2-10(9(11)6-7-24-22)14(19)12-13(16(20)21)18-23-15(12)8-4-5-8/h1-3,8H,4-7H2/p+1. The Balaban J connectivity index is 2.10. The third-order valence-corrected chi connectivity index (χ3v) is 5.01. The van der Waals surface area contributed by atoms with Crippen molar-refractivity contribution in [1.82, 2.24) is 5.16 Å². The Morgan fingerprint density at radius 2 is 2.12 bits per heavy atom. The van der Waals surface area contributed by atoms with Crippen LogP contribution in [0.5, 0.6) is 0 Å². The largest absolute Gasteiger partial charge is 0.476 e. The molecule has 0 atom stereocenters. The Labute approximate surface area is 149 Å². The van der Waals surface area contributed by atoms with Gasteiger partial charge in [-0.15, -0.1) is 0 Å². The molecule has 1 aliphatic carbocycles. The molecule has 1 aliphatic rings. The number of carboxylic acids is 1. The highest BCUT2D eigenvalue weighted by Gasteiger charge is 2.37. The molecule has 0 radical (unpaired) electrons. The SMILES string of the molecule is O=[S+]CCc1c(Br)cccc1C(=O)c1c(C(=O)O)noc1C1CC1. The minimum Gasteiger partial charge on any atom is -0.476 e. The number of aromatic nitrogens is 1. The zero-order chi connectivity index (χ0) is 17.3. The normalized spacial score (nSPS) is 13.7. The highest BCUT2D eigenvalue weighted by atomic mass is 79.9. The summed E-state index contributed by atoms with van der Waals surface area (Å²) in [5, 5.41) is 12.9. The number of ketones is 1. The highest BCUT2D eigenvalue weighted by Crippen LogP contribution is 2.43. The molecule has 0 amide bonds. The van der Waals surface area contributed by atoms with Crippen LogP contribution in [0.1, 0.15) is 56.5 Å². The second-order valence-electron chi connectivity index (χ2n) is 5.52. The van der Waals surface area contributed by atoms with E-state index in [4.69, 9.17) is 4.52 Å². The summed E-state index contributed by atoms with van der Waals surface area (Å²) >= 11 is 3.84. The number of nitrogens with zero attached hydrogens (tertiary/aromatic N) is 1. The van der Waals surface area contributed by atoms with Crippen molar-refractivity contribution in [2.24, 2.45) is 0 Å². The van der Waals surface area contributed by atoms with Gasteiger partial charge in [0, 0.05) is 26.6 Å². The van der Waals surface area contributed by atoms with Gasteiger partial charge in [-0.05, 0) is 24.5 Å². The van der Waals surface area contributed by atoms with Gasteiger partial charge in [0.1, 0.15) is 5.56 Å². The molecule has 2 aromatic rings. The second kappa shape index (κ2) is 6.90. The van der Waals surface area contributed by atoms with Crippen molar-refractivity contribution in [3.8, 4) is 0 Å². The number of benzene rings is 1. The van der Waals surface area contributed by atoms with Crippen LogP contribution in [-0.2, 0) is 22.3 Å². The Bertz CT molecular complexity index is 828. The lowest BCUT2D eigenvalue weighted by molar-refractivity contribution is 0.0682. The Morgan fingerprint density at radius 1 is 1.38 bits per heavy atom. The predicted molar refractivity (Wildman–Crippen MR) is 89.6 cm³/mol. The van der Waals surface area contributed by atoms with Crippen molar-refractivity contribution in [3.63, 3.8) is 0 Å². The minimum absolute atomic E-state index is 0.0270. The summed E-state index contributed by atoms with van der Waals surface area (Å²) < 4.78 is 16.6. The van der Waals surface area contributed by atoms with Crippen LogP contribution in [-0.4, -0.2) is 27.8 Å². The van der Waals surface area contributed by atoms with E-state index in [0.717, 1.165) is 12.8 Å². The smallest absolute Gasteiger partial charge is 0.459 e. The Morgan fingerprint density at radius 3 is 2.75 bits per heavy atom. The second-order valence-corrected chi connectivity index (χ2v) is 7.02. The fourth-order valence-electron chi connectivity index (χ4n) is 2.60. The molecule has 1 heterocycles. The van der Waals surface area contributed by atoms with E-state index in [1.54, 1.807) is 18.2 Å². The van der Waals surface area contributed by atoms with Gasteiger partial charge in [0.25, 0.3) is 0 Å². The Hall–Kier alpha value is -1.93. The molecule has 0 aliphatic heterocycles. The van der Waals surface area contributed by atoms with Crippen LogP contribution in [0, 0.1) is 0 Å². The van der Waals surface area contributed by atoms with Crippen LogP contribution in [0.4, 0.5) is 0 Å². The maximum Gasteiger partial charge on any atom is 0.459 e. The molecule has 3 rings (SSSR count). The van der Waals surface area contributed by atoms with Gasteiger partial charge in [-0.3, -0.25) is 4.79 Å². The maximum atomic E-state index is 13.1. The van der Waals surface area contributed by atoms with E-state index >= 15 is 0 Å². The number of carboxylic acid groups (broad SMARTS) is 1. The van der Waals surface area contributed by atoms with Gasteiger partial charge in [-0.25, -0.2) is 4.79 Å². The molecule has 0 spiro atoms. The Kier molecular flexibility index (Phi) is 4.86. The summed E-state index contributed by atoms with van der Waals surface area (Å²) in [5.41, 5.74) is 0.723. The molecule has 1 saturated carbocycles. The molecule has 1 fully saturated rings. The van der Waals surface area contributed by atoms with Crippen molar-refractivity contribution in [2.45, 2.75) is 25.2 Å². The highest BCUT2D eigenvalue weighted by molar-refractivity contribution is 9.10. The van der Waals surface area contributed by atoms with E-state index in [2.05, 4.69) is 21.1 Å². The zero-order valence-electron chi connectivity index (χ0n) is 12.5. The summed E-state index contributed by atoms with van der Waals surface area (Å²) in [6.07, 6.45) is 2.11. The first-order valence-electron chi connectivity index (χ1n) is 7.34. The first kappa shape index (κ1) is 16.9. The van der Waals surface area contributed by atoms with Crippen LogP contribution in [0.3, 0.4) is 0 Å². The van der Waals surface area contributed by atoms with Gasteiger partial charge >= 0.3 is 17.6 Å². The van der Waals surface area contributed by atoms with Crippen molar-refractivity contribution in [2.75, 3.05) is 5.75 Å². The molecule has 0 bridgehead atoms. The zero-order valence-corrected chi connectivity index (χ0v) is 14.9. The van der Waals surface area contributed by atoms with Gasteiger partial charge in [0.05, 0.1) is 0 Å². The van der Waals surface area contributed by atoms with Crippen LogP contribution in [0.25, 0.3) is 0 Å². The number of carbonyl (C=O) groups excluding carboxylic acids is 1. The van der Waals surface area contributed by atoms with Crippen LogP contribution >= 0.6 is 15.9 Å². The molecule has 24 heavy (non-hydrogen) atoms. The number of hydrogen-bond acceptors (Lipinski definition) is 5. The molecule has 8 heteroatoms. The number of halogens is 1. The summed E-state index contributed by atoms with van der Waals surface area (Å²) in [4.78, 5) is 24.5. The van der Waals surface area contributed by atoms with Crippen LogP contribution in [0.15, 0.2) is 27.2 Å². The average Bonchev–Trinajstić information content (AvgIpc) is 3.30. The molecule has 0 saturated heterocycles. The number of hydrogen-bond donors (Lipinski definition) is 1. The van der Waals surface area contributed by atoms with E-state index in [0.29, 0.717) is 45.2 Å². The van der Waals surface area contributed by atoms with Crippen molar-refractivity contribution in [3.05, 3.63) is 50.8 Å². The van der Waals surface area contributed by atoms with Gasteiger partial charge < -0.3 is 9.63 Å². The molecule has 1 aromatic heterocycles. The molecular weight excluding hydrogens is 398 g/mol. The first-order valence-corrected chi connectivity index (χ1v) is 9.04. The van der Waals surface area contributed by atoms with E-state index in [9.17, 15) is 18.9 Å². The third kappa shape index (κ3) is 3.16. The maximum absolute atomic E-state index is 13.1. The monoisotopic (exact) mass is 410 g/mol. The molecule has 0 unspecified atom stereocenters. The summed E-state index contributed by atoms with van der Waals surface area (Å²) in [6, 6.07) is 5.12. The van der Waals surface area contributed by atoms with Gasteiger partial charge in [0.2, 0.25) is 11.4 Å². The number of carbonyl (C=O) groups is 2. The van der Waals surface area contributed by atoms with Gasteiger partial charge in [-0.1, -0.05) is 33.2 Å². The molecule has 1 aromatic carbocycles.